The van der Waals surface area contributed by atoms with Crippen LogP contribution in [0.3, 0.4) is 0 Å². The first-order chi connectivity index (χ1) is 21.6. The number of piperazine rings is 1. The number of amides is 2. The predicted molar refractivity (Wildman–Crippen MR) is 163 cm³/mol. The van der Waals surface area contributed by atoms with Crippen LogP contribution in [-0.2, 0) is 6.18 Å². The van der Waals surface area contributed by atoms with E-state index in [9.17, 15) is 22.8 Å². The molecule has 0 bridgehead atoms. The highest BCUT2D eigenvalue weighted by Gasteiger charge is 2.40. The first kappa shape index (κ1) is 33.4. The Labute approximate surface area is 260 Å². The van der Waals surface area contributed by atoms with Gasteiger partial charge in [-0.25, -0.2) is 9.97 Å². The lowest BCUT2D eigenvalue weighted by Gasteiger charge is -2.43. The molecule has 1 atom stereocenters. The number of pyridine rings is 3. The zero-order valence-corrected chi connectivity index (χ0v) is 25.8. The van der Waals surface area contributed by atoms with Crippen LogP contribution in [0.2, 0.25) is 0 Å². The van der Waals surface area contributed by atoms with Gasteiger partial charge in [0.15, 0.2) is 11.4 Å². The molecule has 0 radical (unpaired) electrons. The number of rotatable bonds is 12. The Balaban J connectivity index is 1.71. The van der Waals surface area contributed by atoms with Gasteiger partial charge in [-0.05, 0) is 45.5 Å². The number of likely N-dealkylation sites (N-methyl/N-ethyl adjacent to an activating group) is 1. The summed E-state index contributed by atoms with van der Waals surface area (Å²) in [7, 11) is 1.78. The fourth-order valence-electron chi connectivity index (χ4n) is 5.17. The van der Waals surface area contributed by atoms with Crippen LogP contribution in [0.4, 0.5) is 18.9 Å². The first-order valence-electron chi connectivity index (χ1n) is 14.9. The van der Waals surface area contributed by atoms with Crippen LogP contribution in [0.15, 0.2) is 42.7 Å². The molecule has 3 aromatic rings. The number of hydrogen-bond donors (Lipinski definition) is 2. The van der Waals surface area contributed by atoms with Crippen LogP contribution >= 0.6 is 0 Å². The summed E-state index contributed by atoms with van der Waals surface area (Å²) in [6, 6.07) is 7.40. The van der Waals surface area contributed by atoms with Gasteiger partial charge in [0, 0.05) is 68.9 Å². The van der Waals surface area contributed by atoms with Crippen molar-refractivity contribution in [3.8, 4) is 22.9 Å². The Kier molecular flexibility index (Phi) is 11.2. The van der Waals surface area contributed by atoms with E-state index in [4.69, 9.17) is 14.5 Å². The largest absolute Gasteiger partial charge is 0.492 e. The monoisotopic (exact) mass is 629 g/mol. The number of nitrogens with one attached hydrogen (secondary N) is 2. The maximum atomic E-state index is 13.9. The van der Waals surface area contributed by atoms with Crippen molar-refractivity contribution in [2.24, 2.45) is 0 Å². The van der Waals surface area contributed by atoms with Crippen LogP contribution in [-0.4, -0.2) is 90.7 Å². The smallest absolute Gasteiger partial charge is 0.434 e. The summed E-state index contributed by atoms with van der Waals surface area (Å²) in [5, 5.41) is 5.88. The summed E-state index contributed by atoms with van der Waals surface area (Å²) in [6.45, 7) is 7.25. The number of nitrogens with zero attached hydrogens (tertiary/aromatic N) is 5. The number of anilines is 1. The number of hydrogen-bond acceptors (Lipinski definition) is 9. The zero-order valence-electron chi connectivity index (χ0n) is 25.8. The van der Waals surface area contributed by atoms with Gasteiger partial charge in [-0.3, -0.25) is 14.6 Å². The lowest BCUT2D eigenvalue weighted by atomic mass is 10.0. The highest BCUT2D eigenvalue weighted by atomic mass is 19.4. The molecule has 0 unspecified atom stereocenters. The minimum absolute atomic E-state index is 0.106. The molecule has 14 heteroatoms. The van der Waals surface area contributed by atoms with Crippen molar-refractivity contribution in [1.82, 2.24) is 30.5 Å². The number of ether oxygens (including phenoxy) is 2. The average molecular weight is 630 g/mol. The summed E-state index contributed by atoms with van der Waals surface area (Å²) < 4.78 is 53.0. The van der Waals surface area contributed by atoms with Crippen LogP contribution < -0.4 is 25.0 Å². The number of halogens is 3. The molecule has 1 fully saturated rings. The SMILES string of the molecule is CCOc1ccc(C(=O)N2CCN(c3cc(OCC)c(-c4cccnc4)nc3C(=O)NCCNC)[C@H](CC)C2)c(C(F)(F)F)n1. The van der Waals surface area contributed by atoms with Crippen LogP contribution in [0.5, 0.6) is 11.6 Å². The summed E-state index contributed by atoms with van der Waals surface area (Å²) in [5.74, 6) is -0.917. The molecule has 0 aromatic carbocycles. The molecule has 3 aromatic heterocycles. The van der Waals surface area contributed by atoms with E-state index < -0.39 is 29.2 Å². The third-order valence-electron chi connectivity index (χ3n) is 7.29. The molecule has 45 heavy (non-hydrogen) atoms. The number of aromatic nitrogens is 3. The highest BCUT2D eigenvalue weighted by Crippen LogP contribution is 2.37. The van der Waals surface area contributed by atoms with E-state index in [2.05, 4.69) is 20.6 Å². The van der Waals surface area contributed by atoms with Crippen molar-refractivity contribution in [2.75, 3.05) is 57.9 Å². The van der Waals surface area contributed by atoms with Crippen molar-refractivity contribution in [1.29, 1.82) is 0 Å². The molecule has 0 spiro atoms. The minimum atomic E-state index is -4.85. The van der Waals surface area contributed by atoms with Gasteiger partial charge in [0.1, 0.15) is 11.4 Å². The summed E-state index contributed by atoms with van der Waals surface area (Å²) >= 11 is 0. The van der Waals surface area contributed by atoms with Gasteiger partial charge in [0.2, 0.25) is 5.88 Å². The standard InChI is InChI=1S/C31H38F3N7O4/c1-5-21-19-40(30(43)22-10-11-25(45-7-3)38-28(22)31(32,33)34)15-16-41(21)23-17-24(44-6-2)26(20-9-8-12-36-18-20)39-27(23)29(42)37-14-13-35-4/h8-12,17-18,21,35H,5-7,13-16,19H2,1-4H3,(H,37,42)/t21-/m1/s1. The first-order valence-corrected chi connectivity index (χ1v) is 14.9. The fraction of sp³-hybridized carbons (Fsp3) is 0.452. The second-order valence-electron chi connectivity index (χ2n) is 10.2. The molecule has 11 nitrogen and oxygen atoms in total. The average Bonchev–Trinajstić information content (AvgIpc) is 3.04. The second kappa shape index (κ2) is 15.0. The summed E-state index contributed by atoms with van der Waals surface area (Å²) in [5.41, 5.74) is -0.0286. The maximum Gasteiger partial charge on any atom is 0.434 e. The Morgan fingerprint density at radius 3 is 2.47 bits per heavy atom. The maximum absolute atomic E-state index is 13.9. The molecule has 0 aliphatic carbocycles. The predicted octanol–water partition coefficient (Wildman–Crippen LogP) is 4.05. The molecule has 4 rings (SSSR count). The van der Waals surface area contributed by atoms with Gasteiger partial charge in [-0.2, -0.15) is 13.2 Å². The third kappa shape index (κ3) is 7.80. The Hall–Kier alpha value is -4.46. The van der Waals surface area contributed by atoms with E-state index in [1.807, 2.05) is 24.8 Å². The van der Waals surface area contributed by atoms with E-state index in [-0.39, 0.29) is 43.9 Å². The number of carbonyl (C=O) groups excluding carboxylic acids is 2. The Bertz CT molecular complexity index is 1470. The second-order valence-corrected chi connectivity index (χ2v) is 10.2. The van der Waals surface area contributed by atoms with Crippen molar-refractivity contribution in [3.05, 3.63) is 59.7 Å². The zero-order chi connectivity index (χ0) is 32.6. The molecule has 242 valence electrons. The quantitative estimate of drug-likeness (QED) is 0.286. The summed E-state index contributed by atoms with van der Waals surface area (Å²) in [6.07, 6.45) is -1.04. The molecule has 2 amide bonds. The van der Waals surface area contributed by atoms with Gasteiger partial charge in [-0.15, -0.1) is 0 Å². The third-order valence-corrected chi connectivity index (χ3v) is 7.29. The van der Waals surface area contributed by atoms with Crippen LogP contribution in [0.1, 0.15) is 53.7 Å². The van der Waals surface area contributed by atoms with Crippen molar-refractivity contribution < 1.29 is 32.2 Å². The molecule has 1 aliphatic rings. The van der Waals surface area contributed by atoms with E-state index in [1.165, 1.54) is 11.0 Å². The van der Waals surface area contributed by atoms with E-state index in [1.54, 1.807) is 38.5 Å². The summed E-state index contributed by atoms with van der Waals surface area (Å²) in [4.78, 5) is 43.0. The fourth-order valence-corrected chi connectivity index (χ4v) is 5.17. The Morgan fingerprint density at radius 2 is 1.82 bits per heavy atom. The van der Waals surface area contributed by atoms with E-state index >= 15 is 0 Å². The molecule has 2 N–H and O–H groups in total. The Morgan fingerprint density at radius 1 is 1.04 bits per heavy atom. The van der Waals surface area contributed by atoms with Crippen LogP contribution in [0.25, 0.3) is 11.3 Å². The van der Waals surface area contributed by atoms with Gasteiger partial charge < -0.3 is 29.9 Å². The normalized spacial score (nSPS) is 15.1. The van der Waals surface area contributed by atoms with Crippen LogP contribution in [0, 0.1) is 0 Å². The van der Waals surface area contributed by atoms with Gasteiger partial charge in [0.05, 0.1) is 24.5 Å². The highest BCUT2D eigenvalue weighted by molar-refractivity contribution is 5.99. The molecule has 4 heterocycles. The van der Waals surface area contributed by atoms with E-state index in [0.29, 0.717) is 48.8 Å². The lowest BCUT2D eigenvalue weighted by Crippen LogP contribution is -2.55. The minimum Gasteiger partial charge on any atom is -0.492 e. The van der Waals surface area contributed by atoms with Gasteiger partial charge in [-0.1, -0.05) is 6.92 Å². The van der Waals surface area contributed by atoms with Crippen molar-refractivity contribution >= 4 is 17.5 Å². The molecule has 1 aliphatic heterocycles. The van der Waals surface area contributed by atoms with Crippen molar-refractivity contribution in [2.45, 2.75) is 39.4 Å². The number of carbonyl (C=O) groups is 2. The van der Waals surface area contributed by atoms with E-state index in [0.717, 1.165) is 6.07 Å². The van der Waals surface area contributed by atoms with Crippen molar-refractivity contribution in [3.63, 3.8) is 0 Å². The van der Waals surface area contributed by atoms with Gasteiger partial charge in [0.25, 0.3) is 11.8 Å². The topological polar surface area (TPSA) is 122 Å². The molecular formula is C31H38F3N7O4. The number of alkyl halides is 3. The molecule has 1 saturated heterocycles. The molecular weight excluding hydrogens is 591 g/mol. The lowest BCUT2D eigenvalue weighted by molar-refractivity contribution is -0.141. The molecule has 0 saturated carbocycles. The van der Waals surface area contributed by atoms with Gasteiger partial charge >= 0.3 is 6.18 Å².